The molecule has 0 amide bonds. The third-order valence-corrected chi connectivity index (χ3v) is 11.0. The minimum atomic E-state index is -3.54. The minimum Gasteiger partial charge on any atom is -0.494 e. The van der Waals surface area contributed by atoms with Crippen LogP contribution < -0.4 is 24.6 Å². The summed E-state index contributed by atoms with van der Waals surface area (Å²) < 4.78 is 32.7. The normalized spacial score (nSPS) is 17.1. The number of ether oxygens (including phenoxy) is 1. The summed E-state index contributed by atoms with van der Waals surface area (Å²) in [6.45, 7) is 9.93. The summed E-state index contributed by atoms with van der Waals surface area (Å²) in [4.78, 5) is 16.5. The van der Waals surface area contributed by atoms with Crippen molar-refractivity contribution in [2.45, 2.75) is 38.0 Å². The van der Waals surface area contributed by atoms with E-state index in [1.54, 1.807) is 39.2 Å². The Bertz CT molecular complexity index is 1540. The number of hydrogen-bond donors (Lipinski definition) is 2. The lowest BCUT2D eigenvalue weighted by Crippen LogP contribution is -2.52. The van der Waals surface area contributed by atoms with Crippen molar-refractivity contribution in [2.75, 3.05) is 80.3 Å². The number of rotatable bonds is 10. The zero-order valence-electron chi connectivity index (χ0n) is 26.1. The highest BCUT2D eigenvalue weighted by Crippen LogP contribution is 2.35. The number of piperidine rings is 1. The van der Waals surface area contributed by atoms with Gasteiger partial charge in [0.25, 0.3) is 0 Å². The number of aromatic nitrogens is 2. The Kier molecular flexibility index (Phi) is 10.0. The van der Waals surface area contributed by atoms with Crippen molar-refractivity contribution >= 4 is 56.1 Å². The molecule has 0 radical (unpaired) electrons. The average Bonchev–Trinajstić information content (AvgIpc) is 3.03. The molecule has 11 nitrogen and oxygen atoms in total. The molecule has 0 spiro atoms. The predicted octanol–water partition coefficient (Wildman–Crippen LogP) is 5.02. The molecule has 2 N–H and O–H groups in total. The first-order valence-corrected chi connectivity index (χ1v) is 16.9. The van der Waals surface area contributed by atoms with Gasteiger partial charge in [-0.2, -0.15) is 4.98 Å². The van der Waals surface area contributed by atoms with Crippen molar-refractivity contribution in [3.8, 4) is 5.75 Å². The van der Waals surface area contributed by atoms with E-state index in [-0.39, 0.29) is 0 Å². The molecule has 0 bridgehead atoms. The number of anilines is 6. The van der Waals surface area contributed by atoms with Crippen LogP contribution in [0.5, 0.6) is 5.75 Å². The van der Waals surface area contributed by atoms with Gasteiger partial charge in [-0.15, -0.1) is 0 Å². The first kappa shape index (κ1) is 32.1. The van der Waals surface area contributed by atoms with Crippen LogP contribution in [0.4, 0.5) is 34.5 Å². The Balaban J connectivity index is 1.28. The lowest BCUT2D eigenvalue weighted by Gasteiger charge is -2.42. The fraction of sp³-hybridized carbons (Fsp3) is 0.484. The maximum absolute atomic E-state index is 12.9. The van der Waals surface area contributed by atoms with Gasteiger partial charge in [0, 0.05) is 64.1 Å². The monoisotopic (exact) mass is 642 g/mol. The van der Waals surface area contributed by atoms with E-state index >= 15 is 0 Å². The number of para-hydroxylation sites is 2. The zero-order valence-corrected chi connectivity index (χ0v) is 27.7. The van der Waals surface area contributed by atoms with Crippen molar-refractivity contribution in [1.82, 2.24) is 19.8 Å². The molecule has 2 fully saturated rings. The Morgan fingerprint density at radius 3 is 2.39 bits per heavy atom. The van der Waals surface area contributed by atoms with Crippen LogP contribution in [0.3, 0.4) is 0 Å². The van der Waals surface area contributed by atoms with E-state index in [0.717, 1.165) is 63.5 Å². The number of methoxy groups -OCH3 is 1. The third kappa shape index (κ3) is 7.14. The highest BCUT2D eigenvalue weighted by Gasteiger charge is 2.27. The van der Waals surface area contributed by atoms with E-state index in [1.165, 1.54) is 17.5 Å². The predicted molar refractivity (Wildman–Crippen MR) is 180 cm³/mol. The van der Waals surface area contributed by atoms with Gasteiger partial charge < -0.3 is 25.2 Å². The SMILES string of the molecule is COc1cc(N2CCC(N3CCN(C)CC3)CC2)ccc1Nc1ncc(Cl)c(Nc2ccccc2N(C)S(=O)(=O)C(C)C)n1. The number of nitrogens with zero attached hydrogens (tertiary/aromatic N) is 6. The first-order valence-electron chi connectivity index (χ1n) is 15.1. The molecule has 0 saturated carbocycles. The number of halogens is 1. The highest BCUT2D eigenvalue weighted by atomic mass is 35.5. The second-order valence-corrected chi connectivity index (χ2v) is 14.6. The van der Waals surface area contributed by atoms with Crippen LogP contribution in [0.2, 0.25) is 5.02 Å². The van der Waals surface area contributed by atoms with Gasteiger partial charge in [0.2, 0.25) is 16.0 Å². The lowest BCUT2D eigenvalue weighted by molar-refractivity contribution is 0.0982. The molecule has 1 aromatic heterocycles. The molecule has 2 saturated heterocycles. The first-order chi connectivity index (χ1) is 21.1. The molecule has 3 heterocycles. The van der Waals surface area contributed by atoms with Gasteiger partial charge in [-0.3, -0.25) is 9.21 Å². The smallest absolute Gasteiger partial charge is 0.237 e. The number of nitrogens with one attached hydrogen (secondary N) is 2. The van der Waals surface area contributed by atoms with Gasteiger partial charge >= 0.3 is 0 Å². The van der Waals surface area contributed by atoms with Crippen molar-refractivity contribution in [3.05, 3.63) is 53.7 Å². The van der Waals surface area contributed by atoms with E-state index in [0.29, 0.717) is 40.0 Å². The molecule has 2 aliphatic rings. The van der Waals surface area contributed by atoms with E-state index < -0.39 is 15.3 Å². The Morgan fingerprint density at radius 1 is 1.00 bits per heavy atom. The molecule has 0 atom stereocenters. The van der Waals surface area contributed by atoms with Crippen LogP contribution in [-0.2, 0) is 10.0 Å². The molecule has 2 aliphatic heterocycles. The number of likely N-dealkylation sites (N-methyl/N-ethyl adjacent to an activating group) is 1. The van der Waals surface area contributed by atoms with Gasteiger partial charge in [0.1, 0.15) is 10.8 Å². The van der Waals surface area contributed by atoms with Crippen LogP contribution >= 0.6 is 11.6 Å². The molecular weight excluding hydrogens is 600 g/mol. The van der Waals surface area contributed by atoms with Crippen molar-refractivity contribution in [2.24, 2.45) is 0 Å². The van der Waals surface area contributed by atoms with Crippen molar-refractivity contribution in [3.63, 3.8) is 0 Å². The average molecular weight is 643 g/mol. The number of benzene rings is 2. The van der Waals surface area contributed by atoms with E-state index in [4.69, 9.17) is 16.3 Å². The summed E-state index contributed by atoms with van der Waals surface area (Å²) in [6, 6.07) is 13.9. The van der Waals surface area contributed by atoms with Crippen LogP contribution in [0.15, 0.2) is 48.7 Å². The molecular formula is C31H43ClN8O3S. The molecule has 0 unspecified atom stereocenters. The molecule has 3 aromatic rings. The van der Waals surface area contributed by atoms with Gasteiger partial charge in [0.05, 0.1) is 35.6 Å². The quantitative estimate of drug-likeness (QED) is 0.313. The Labute approximate surface area is 266 Å². The summed E-state index contributed by atoms with van der Waals surface area (Å²) in [5.41, 5.74) is 2.88. The summed E-state index contributed by atoms with van der Waals surface area (Å²) in [7, 11) is 1.85. The maximum atomic E-state index is 12.9. The summed E-state index contributed by atoms with van der Waals surface area (Å²) in [5, 5.41) is 6.17. The topological polar surface area (TPSA) is 106 Å². The van der Waals surface area contributed by atoms with Gasteiger partial charge in [0.15, 0.2) is 5.82 Å². The zero-order chi connectivity index (χ0) is 31.4. The van der Waals surface area contributed by atoms with Crippen molar-refractivity contribution in [1.29, 1.82) is 0 Å². The summed E-state index contributed by atoms with van der Waals surface area (Å²) in [6.07, 6.45) is 3.81. The number of sulfonamides is 1. The fourth-order valence-corrected chi connectivity index (χ4v) is 6.93. The Hall–Kier alpha value is -3.32. The van der Waals surface area contributed by atoms with Crippen LogP contribution in [0.1, 0.15) is 26.7 Å². The van der Waals surface area contributed by atoms with Crippen LogP contribution in [0, 0.1) is 0 Å². The highest BCUT2D eigenvalue weighted by molar-refractivity contribution is 7.93. The summed E-state index contributed by atoms with van der Waals surface area (Å²) >= 11 is 6.47. The molecule has 5 rings (SSSR count). The summed E-state index contributed by atoms with van der Waals surface area (Å²) in [5.74, 6) is 1.34. The van der Waals surface area contributed by atoms with Crippen molar-refractivity contribution < 1.29 is 13.2 Å². The largest absolute Gasteiger partial charge is 0.494 e. The molecule has 0 aliphatic carbocycles. The number of piperazine rings is 1. The van der Waals surface area contributed by atoms with E-state index in [1.807, 2.05) is 12.1 Å². The van der Waals surface area contributed by atoms with Gasteiger partial charge in [-0.25, -0.2) is 13.4 Å². The number of hydrogen-bond acceptors (Lipinski definition) is 10. The Morgan fingerprint density at radius 2 is 1.70 bits per heavy atom. The fourth-order valence-electron chi connectivity index (χ4n) is 5.73. The molecule has 44 heavy (non-hydrogen) atoms. The maximum Gasteiger partial charge on any atom is 0.237 e. The van der Waals surface area contributed by atoms with Crippen LogP contribution in [-0.4, -0.2) is 100.0 Å². The van der Waals surface area contributed by atoms with E-state index in [2.05, 4.69) is 54.5 Å². The third-order valence-electron chi connectivity index (χ3n) is 8.53. The molecule has 2 aromatic carbocycles. The van der Waals surface area contributed by atoms with Gasteiger partial charge in [-0.1, -0.05) is 23.7 Å². The lowest BCUT2D eigenvalue weighted by atomic mass is 10.0. The van der Waals surface area contributed by atoms with Crippen LogP contribution in [0.25, 0.3) is 0 Å². The standard InChI is InChI=1S/C31H43ClN8O3S/c1-22(2)44(41,42)38(4)28-9-7-6-8-26(28)34-30-25(32)21-33-31(36-30)35-27-11-10-24(20-29(27)43-5)39-14-12-23(13-15-39)40-18-16-37(3)17-19-40/h6-11,20-23H,12-19H2,1-5H3,(H2,33,34,35,36). The molecule has 238 valence electrons. The van der Waals surface area contributed by atoms with E-state index in [9.17, 15) is 8.42 Å². The molecule has 13 heteroatoms. The second kappa shape index (κ2) is 13.8. The minimum absolute atomic E-state index is 0.294. The second-order valence-electron chi connectivity index (χ2n) is 11.7. The van der Waals surface area contributed by atoms with Gasteiger partial charge in [-0.05, 0) is 58.0 Å².